The molecule has 0 amide bonds. The Morgan fingerprint density at radius 1 is 1.22 bits per heavy atom. The third kappa shape index (κ3) is 3.08. The lowest BCUT2D eigenvalue weighted by molar-refractivity contribution is 0.0543. The summed E-state index contributed by atoms with van der Waals surface area (Å²) >= 11 is 0. The Kier molecular flexibility index (Phi) is 3.64. The first-order chi connectivity index (χ1) is 10.8. The fraction of sp³-hybridized carbons (Fsp3) is 0.222. The number of hydrogen-bond donors (Lipinski definition) is 0. The predicted molar refractivity (Wildman–Crippen MR) is 86.8 cm³/mol. The average molecular weight is 312 g/mol. The molecule has 23 heavy (non-hydrogen) atoms. The maximum atomic E-state index is 13.5. The van der Waals surface area contributed by atoms with Crippen LogP contribution in [-0.2, 0) is 4.74 Å². The molecular weight excluding hydrogens is 295 g/mol. The second-order valence-electron chi connectivity index (χ2n) is 6.27. The molecule has 0 saturated heterocycles. The van der Waals surface area contributed by atoms with Crippen molar-refractivity contribution in [3.8, 4) is 11.1 Å². The molecule has 3 aromatic rings. The zero-order valence-electron chi connectivity index (χ0n) is 13.2. The van der Waals surface area contributed by atoms with Gasteiger partial charge in [0.05, 0.1) is 0 Å². The summed E-state index contributed by atoms with van der Waals surface area (Å²) in [5.74, 6) is -0.306. The van der Waals surface area contributed by atoms with Gasteiger partial charge in [0.25, 0.3) is 0 Å². The van der Waals surface area contributed by atoms with Crippen molar-refractivity contribution in [1.82, 2.24) is 9.55 Å². The molecule has 3 rings (SSSR count). The molecule has 0 aliphatic carbocycles. The van der Waals surface area contributed by atoms with E-state index < -0.39 is 11.7 Å². The van der Waals surface area contributed by atoms with Crippen LogP contribution >= 0.6 is 0 Å². The van der Waals surface area contributed by atoms with E-state index in [0.29, 0.717) is 5.65 Å². The van der Waals surface area contributed by atoms with E-state index in [1.165, 1.54) is 16.7 Å². The van der Waals surface area contributed by atoms with Crippen molar-refractivity contribution in [3.63, 3.8) is 0 Å². The molecule has 5 heteroatoms. The highest BCUT2D eigenvalue weighted by Gasteiger charge is 2.20. The maximum absolute atomic E-state index is 13.5. The van der Waals surface area contributed by atoms with Gasteiger partial charge in [0.15, 0.2) is 0 Å². The second-order valence-corrected chi connectivity index (χ2v) is 6.27. The Labute approximate surface area is 133 Å². The van der Waals surface area contributed by atoms with Gasteiger partial charge in [-0.3, -0.25) is 0 Å². The zero-order valence-corrected chi connectivity index (χ0v) is 13.2. The van der Waals surface area contributed by atoms with E-state index in [1.54, 1.807) is 30.6 Å². The van der Waals surface area contributed by atoms with Crippen LogP contribution in [0.1, 0.15) is 20.8 Å². The van der Waals surface area contributed by atoms with E-state index in [0.717, 1.165) is 16.5 Å². The van der Waals surface area contributed by atoms with E-state index in [9.17, 15) is 9.18 Å². The Balaban J connectivity index is 2.09. The van der Waals surface area contributed by atoms with E-state index in [1.807, 2.05) is 26.8 Å². The summed E-state index contributed by atoms with van der Waals surface area (Å²) in [6, 6.07) is 9.92. The monoisotopic (exact) mass is 312 g/mol. The quantitative estimate of drug-likeness (QED) is 0.658. The lowest BCUT2D eigenvalue weighted by Gasteiger charge is -2.19. The largest absolute Gasteiger partial charge is 0.443 e. The van der Waals surface area contributed by atoms with Crippen LogP contribution in [0.4, 0.5) is 9.18 Å². The summed E-state index contributed by atoms with van der Waals surface area (Å²) < 4.78 is 20.2. The zero-order chi connectivity index (χ0) is 16.6. The van der Waals surface area contributed by atoms with Crippen LogP contribution in [0.5, 0.6) is 0 Å². The fourth-order valence-corrected chi connectivity index (χ4v) is 2.40. The van der Waals surface area contributed by atoms with Crippen molar-refractivity contribution in [2.75, 3.05) is 0 Å². The highest BCUT2D eigenvalue weighted by Crippen LogP contribution is 2.28. The number of fused-ring (bicyclic) bond motifs is 1. The van der Waals surface area contributed by atoms with Crippen LogP contribution in [-0.4, -0.2) is 21.2 Å². The summed E-state index contributed by atoms with van der Waals surface area (Å²) in [7, 11) is 0. The molecule has 0 aliphatic rings. The van der Waals surface area contributed by atoms with Gasteiger partial charge in [0.1, 0.15) is 17.1 Å². The number of carbonyl (C=O) groups excluding carboxylic acids is 1. The minimum Gasteiger partial charge on any atom is -0.443 e. The van der Waals surface area contributed by atoms with Crippen LogP contribution < -0.4 is 0 Å². The molecule has 0 saturated carbocycles. The standard InChI is InChI=1S/C18H17FN2O2/c1-18(2,3)23-17(22)21-10-8-15-14(7-9-20-16(15)21)12-5-4-6-13(19)11-12/h4-11H,1-3H3. The third-order valence-electron chi connectivity index (χ3n) is 3.31. The van der Waals surface area contributed by atoms with E-state index >= 15 is 0 Å². The first-order valence-electron chi connectivity index (χ1n) is 7.30. The molecule has 0 aliphatic heterocycles. The smallest absolute Gasteiger partial charge is 0.420 e. The SMILES string of the molecule is CC(C)(C)OC(=O)n1ccc2c(-c3cccc(F)c3)ccnc21. The lowest BCUT2D eigenvalue weighted by Crippen LogP contribution is -2.26. The molecule has 2 aromatic heterocycles. The summed E-state index contributed by atoms with van der Waals surface area (Å²) in [6.07, 6.45) is 2.73. The maximum Gasteiger partial charge on any atom is 0.420 e. The minimum absolute atomic E-state index is 0.306. The minimum atomic E-state index is -0.589. The van der Waals surface area contributed by atoms with Gasteiger partial charge < -0.3 is 4.74 Å². The van der Waals surface area contributed by atoms with Crippen molar-refractivity contribution in [3.05, 3.63) is 54.6 Å². The van der Waals surface area contributed by atoms with E-state index in [4.69, 9.17) is 4.74 Å². The third-order valence-corrected chi connectivity index (χ3v) is 3.31. The van der Waals surface area contributed by atoms with E-state index in [-0.39, 0.29) is 5.82 Å². The van der Waals surface area contributed by atoms with Crippen LogP contribution in [0.3, 0.4) is 0 Å². The first kappa shape index (κ1) is 15.2. The average Bonchev–Trinajstić information content (AvgIpc) is 2.89. The van der Waals surface area contributed by atoms with Gasteiger partial charge in [-0.2, -0.15) is 0 Å². The normalized spacial score (nSPS) is 11.7. The van der Waals surface area contributed by atoms with Crippen LogP contribution in [0.2, 0.25) is 0 Å². The van der Waals surface area contributed by atoms with Gasteiger partial charge >= 0.3 is 6.09 Å². The van der Waals surface area contributed by atoms with Crippen molar-refractivity contribution < 1.29 is 13.9 Å². The van der Waals surface area contributed by atoms with Gasteiger partial charge in [0, 0.05) is 17.8 Å². The van der Waals surface area contributed by atoms with Crippen LogP contribution in [0.25, 0.3) is 22.2 Å². The molecule has 0 atom stereocenters. The number of benzene rings is 1. The molecule has 118 valence electrons. The van der Waals surface area contributed by atoms with Crippen LogP contribution in [0, 0.1) is 5.82 Å². The predicted octanol–water partition coefficient (Wildman–Crippen LogP) is 4.63. The number of ether oxygens (including phenoxy) is 1. The lowest BCUT2D eigenvalue weighted by atomic mass is 10.0. The fourth-order valence-electron chi connectivity index (χ4n) is 2.40. The van der Waals surface area contributed by atoms with Crippen molar-refractivity contribution in [2.24, 2.45) is 0 Å². The Bertz CT molecular complexity index is 878. The van der Waals surface area contributed by atoms with Gasteiger partial charge in [-0.1, -0.05) is 12.1 Å². The molecule has 0 unspecified atom stereocenters. The topological polar surface area (TPSA) is 44.1 Å². The summed E-state index contributed by atoms with van der Waals surface area (Å²) in [6.45, 7) is 5.42. The number of rotatable bonds is 1. The van der Waals surface area contributed by atoms with Crippen molar-refractivity contribution in [2.45, 2.75) is 26.4 Å². The molecule has 0 spiro atoms. The van der Waals surface area contributed by atoms with Gasteiger partial charge in [-0.15, -0.1) is 0 Å². The summed E-state index contributed by atoms with van der Waals surface area (Å²) in [5, 5.41) is 0.768. The molecule has 0 fully saturated rings. The molecule has 0 radical (unpaired) electrons. The number of hydrogen-bond acceptors (Lipinski definition) is 3. The van der Waals surface area contributed by atoms with Crippen LogP contribution in [0.15, 0.2) is 48.8 Å². The second kappa shape index (κ2) is 5.50. The molecule has 0 N–H and O–H groups in total. The van der Waals surface area contributed by atoms with Gasteiger partial charge in [0.2, 0.25) is 0 Å². The number of halogens is 1. The Morgan fingerprint density at radius 3 is 2.70 bits per heavy atom. The van der Waals surface area contributed by atoms with Crippen molar-refractivity contribution >= 4 is 17.1 Å². The molecular formula is C18H17FN2O2. The molecule has 4 nitrogen and oxygen atoms in total. The number of pyridine rings is 1. The summed E-state index contributed by atoms with van der Waals surface area (Å²) in [5.41, 5.74) is 1.45. The highest BCUT2D eigenvalue weighted by atomic mass is 19.1. The van der Waals surface area contributed by atoms with Gasteiger partial charge in [-0.25, -0.2) is 18.7 Å². The number of carbonyl (C=O) groups is 1. The Morgan fingerprint density at radius 2 is 2.00 bits per heavy atom. The van der Waals surface area contributed by atoms with Gasteiger partial charge in [-0.05, 0) is 56.2 Å². The van der Waals surface area contributed by atoms with E-state index in [2.05, 4.69) is 4.98 Å². The first-order valence-corrected chi connectivity index (χ1v) is 7.30. The molecule has 0 bridgehead atoms. The Hall–Kier alpha value is -2.69. The molecule has 2 heterocycles. The molecule has 1 aromatic carbocycles. The highest BCUT2D eigenvalue weighted by molar-refractivity contribution is 5.97. The number of aromatic nitrogens is 2. The van der Waals surface area contributed by atoms with Crippen molar-refractivity contribution in [1.29, 1.82) is 0 Å². The summed E-state index contributed by atoms with van der Waals surface area (Å²) in [4.78, 5) is 16.5. The number of nitrogens with zero attached hydrogens (tertiary/aromatic N) is 2.